The van der Waals surface area contributed by atoms with E-state index in [4.69, 9.17) is 0 Å². The van der Waals surface area contributed by atoms with Crippen molar-refractivity contribution in [2.75, 3.05) is 0 Å². The number of hydrogen-bond donors (Lipinski definition) is 2. The molecule has 4 rings (SSSR count). The molecule has 212 valence electrons. The fourth-order valence-electron chi connectivity index (χ4n) is 2.78. The standard InChI is InChI=1S/C20H10O2.2C3H8.22Y/c21-17-11-9-13-5-1-3-7-15(13)19(17)20-16-8-4-2-6-14(16)10-12-18(20)22;2*1-3-2;;;;;;;;;;;;;;;;;;;;;;/h3-10,21-22H;2*3H2,1-2H3;;;;;;;;;;;;;;;;;;;;;;/q-4;;;;;;;;;;;;;;;;;;;;;;;;. The maximum absolute atomic E-state index is 10.3. The summed E-state index contributed by atoms with van der Waals surface area (Å²) in [7, 11) is 0. The molecule has 0 bridgehead atoms. The second-order valence-corrected chi connectivity index (χ2v) is 6.47. The first kappa shape index (κ1) is 139. The summed E-state index contributed by atoms with van der Waals surface area (Å²) in [5, 5.41) is 24.2. The van der Waals surface area contributed by atoms with E-state index in [0.717, 1.165) is 21.5 Å². The van der Waals surface area contributed by atoms with Crippen molar-refractivity contribution in [3.05, 3.63) is 72.8 Å². The zero-order valence-electron chi connectivity index (χ0n) is 29.6. The Balaban J connectivity index is -0.0000000149. The number of aromatic hydroxyl groups is 2. The van der Waals surface area contributed by atoms with Gasteiger partial charge in [-0.05, 0) is 11.5 Å². The summed E-state index contributed by atoms with van der Waals surface area (Å²) >= 11 is 0. The molecular formula is C26H26O2Y22-4. The van der Waals surface area contributed by atoms with Gasteiger partial charge in [-0.2, -0.15) is 82.2 Å². The first-order valence-corrected chi connectivity index (χ1v) is 9.66. The minimum atomic E-state index is 0. The summed E-state index contributed by atoms with van der Waals surface area (Å²) in [6.07, 6.45) is 2.50. The minimum Gasteiger partial charge on any atom is -0.534 e. The molecule has 0 heterocycles. The third kappa shape index (κ3) is 60.2. The van der Waals surface area contributed by atoms with Crippen LogP contribution in [0.4, 0.5) is 0 Å². The van der Waals surface area contributed by atoms with Crippen molar-refractivity contribution in [1.82, 2.24) is 0 Å². The first-order valence-electron chi connectivity index (χ1n) is 9.66. The first-order chi connectivity index (χ1) is 13.6. The van der Waals surface area contributed by atoms with Crippen LogP contribution in [0.25, 0.3) is 32.7 Å². The molecule has 0 unspecified atom stereocenters. The van der Waals surface area contributed by atoms with Gasteiger partial charge in [0.05, 0.1) is 0 Å². The van der Waals surface area contributed by atoms with Gasteiger partial charge in [-0.25, -0.2) is 0 Å². The number of phenolic OH excluding ortho intramolecular Hbond substituents is 2. The van der Waals surface area contributed by atoms with Crippen LogP contribution in [-0.2, 0) is 720 Å². The molecule has 0 atom stereocenters. The van der Waals surface area contributed by atoms with Crippen LogP contribution in [0.15, 0.2) is 48.5 Å². The van der Waals surface area contributed by atoms with Crippen molar-refractivity contribution in [3.63, 3.8) is 0 Å². The van der Waals surface area contributed by atoms with Gasteiger partial charge in [0.15, 0.2) is 0 Å². The SMILES string of the molecule is CCC.CCC.Oc1[c-]cc2c[c-]ccc2c1-c1c(O)[c-]cc2c[c-]ccc12.[Y].[Y].[Y].[Y].[Y].[Y].[Y].[Y].[Y].[Y].[Y].[Y].[Y].[Y].[Y].[Y].[Y].[Y].[Y].[Y].[Y].[Y]. The summed E-state index contributed by atoms with van der Waals surface area (Å²) in [5.41, 5.74) is 1.11. The van der Waals surface area contributed by atoms with Crippen molar-refractivity contribution in [1.29, 1.82) is 0 Å². The van der Waals surface area contributed by atoms with Crippen LogP contribution in [0.2, 0.25) is 0 Å². The van der Waals surface area contributed by atoms with E-state index in [0.29, 0.717) is 11.1 Å². The molecule has 0 aromatic heterocycles. The van der Waals surface area contributed by atoms with E-state index < -0.39 is 0 Å². The summed E-state index contributed by atoms with van der Waals surface area (Å²) in [6.45, 7) is 8.50. The predicted octanol–water partition coefficient (Wildman–Crippen LogP) is 7.05. The summed E-state index contributed by atoms with van der Waals surface area (Å²) < 4.78 is 0. The van der Waals surface area contributed by atoms with Gasteiger partial charge >= 0.3 is 0 Å². The molecule has 2 nitrogen and oxygen atoms in total. The summed E-state index contributed by atoms with van der Waals surface area (Å²) in [6, 6.07) is 26.1. The Bertz CT molecular complexity index is 999. The molecule has 4 aromatic carbocycles. The Kier molecular flexibility index (Phi) is 267. The number of phenols is 2. The second kappa shape index (κ2) is 96.0. The van der Waals surface area contributed by atoms with E-state index in [1.54, 1.807) is 24.3 Å². The average Bonchev–Trinajstić information content (AvgIpc) is 2.70. The van der Waals surface area contributed by atoms with Crippen LogP contribution in [0.3, 0.4) is 0 Å². The van der Waals surface area contributed by atoms with E-state index in [9.17, 15) is 10.2 Å². The Hall–Kier alpha value is 21.3. The third-order valence-corrected chi connectivity index (χ3v) is 3.78. The molecule has 0 saturated carbocycles. The Morgan fingerprint density at radius 1 is 0.380 bits per heavy atom. The second-order valence-electron chi connectivity index (χ2n) is 6.47. The molecule has 0 aliphatic heterocycles. The molecular weight excluding hydrogens is 2300 g/mol. The van der Waals surface area contributed by atoms with E-state index in [1.165, 1.54) is 12.8 Å². The van der Waals surface area contributed by atoms with Crippen molar-refractivity contribution in [3.8, 4) is 22.6 Å². The largest absolute Gasteiger partial charge is 0.534 e. The van der Waals surface area contributed by atoms with Gasteiger partial charge in [0, 0.05) is 720 Å². The molecule has 24 heteroatoms. The normalized spacial score (nSPS) is 5.60. The van der Waals surface area contributed by atoms with E-state index in [2.05, 4.69) is 52.0 Å². The zero-order valence-corrected chi connectivity index (χ0v) is 92.1. The molecule has 0 saturated heterocycles. The molecule has 0 amide bonds. The fraction of sp³-hybridized carbons (Fsp3) is 0.231. The quantitative estimate of drug-likeness (QED) is 0.201. The molecule has 0 aliphatic rings. The molecule has 2 N–H and O–H groups in total. The molecule has 22 radical (unpaired) electrons. The van der Waals surface area contributed by atoms with E-state index in [-0.39, 0.29) is 731 Å². The van der Waals surface area contributed by atoms with Crippen LogP contribution < -0.4 is 0 Å². The van der Waals surface area contributed by atoms with Gasteiger partial charge in [-0.15, -0.1) is 23.3 Å². The van der Waals surface area contributed by atoms with E-state index in [1.807, 2.05) is 24.3 Å². The summed E-state index contributed by atoms with van der Waals surface area (Å²) in [4.78, 5) is 0. The van der Waals surface area contributed by atoms with Crippen molar-refractivity contribution >= 4 is 21.5 Å². The zero-order chi connectivity index (χ0) is 20.5. The number of hydrogen-bond acceptors (Lipinski definition) is 2. The van der Waals surface area contributed by atoms with Gasteiger partial charge in [0.2, 0.25) is 0 Å². The Labute approximate surface area is 858 Å². The maximum Gasteiger partial charge on any atom is 0 e. The molecule has 0 aliphatic carbocycles. The van der Waals surface area contributed by atoms with Crippen LogP contribution in [0, 0.1) is 24.3 Å². The van der Waals surface area contributed by atoms with Crippen LogP contribution in [0.5, 0.6) is 11.5 Å². The van der Waals surface area contributed by atoms with Gasteiger partial charge in [0.25, 0.3) is 0 Å². The number of benzene rings is 4. The topological polar surface area (TPSA) is 40.5 Å². The Morgan fingerprint density at radius 3 is 0.780 bits per heavy atom. The predicted molar refractivity (Wildman–Crippen MR) is 117 cm³/mol. The monoisotopic (exact) mass is 2330 g/mol. The number of rotatable bonds is 1. The minimum absolute atomic E-state index is 0. The molecule has 0 spiro atoms. The Morgan fingerprint density at radius 2 is 0.580 bits per heavy atom. The molecule has 4 aromatic rings. The van der Waals surface area contributed by atoms with E-state index >= 15 is 0 Å². The molecule has 0 fully saturated rings. The van der Waals surface area contributed by atoms with Crippen LogP contribution in [-0.4, -0.2) is 10.2 Å². The van der Waals surface area contributed by atoms with Crippen molar-refractivity contribution in [2.45, 2.75) is 40.5 Å². The fourth-order valence-corrected chi connectivity index (χ4v) is 2.78. The van der Waals surface area contributed by atoms with Crippen LogP contribution in [0.1, 0.15) is 40.5 Å². The average molecular weight is 2330 g/mol. The van der Waals surface area contributed by atoms with Gasteiger partial charge in [-0.3, -0.25) is 0 Å². The maximum atomic E-state index is 10.3. The van der Waals surface area contributed by atoms with Crippen molar-refractivity contribution in [2.24, 2.45) is 0 Å². The smallest absolute Gasteiger partial charge is 0 e. The molecule has 50 heavy (non-hydrogen) atoms. The summed E-state index contributed by atoms with van der Waals surface area (Å²) in [5.74, 6) is 0.00506. The van der Waals surface area contributed by atoms with Gasteiger partial charge in [0.1, 0.15) is 0 Å². The van der Waals surface area contributed by atoms with Crippen molar-refractivity contribution < 1.29 is 730 Å². The van der Waals surface area contributed by atoms with Gasteiger partial charge < -0.3 is 10.2 Å². The number of fused-ring (bicyclic) bond motifs is 2. The van der Waals surface area contributed by atoms with Crippen LogP contribution >= 0.6 is 0 Å². The van der Waals surface area contributed by atoms with Gasteiger partial charge in [-0.1, -0.05) is 40.5 Å². The third-order valence-electron chi connectivity index (χ3n) is 3.78.